The summed E-state index contributed by atoms with van der Waals surface area (Å²) < 4.78 is 4.92. The highest BCUT2D eigenvalue weighted by atomic mass is 32.1. The fourth-order valence-electron chi connectivity index (χ4n) is 0.391. The minimum absolute atomic E-state index is 0.163. The van der Waals surface area contributed by atoms with Crippen LogP contribution in [-0.4, -0.2) is 11.8 Å². The maximum absolute atomic E-state index is 8.06. The van der Waals surface area contributed by atoms with Crippen LogP contribution in [0.2, 0.25) is 0 Å². The summed E-state index contributed by atoms with van der Waals surface area (Å²) in [4.78, 5) is 0. The Hall–Kier alpha value is -0.820. The fourth-order valence-corrected chi connectivity index (χ4v) is 0.520. The van der Waals surface area contributed by atoms with Crippen molar-refractivity contribution in [2.24, 2.45) is 0 Å². The normalized spacial score (nSPS) is 8.00. The molecule has 0 amide bonds. The zero-order valence-electron chi connectivity index (χ0n) is 5.89. The first kappa shape index (κ1) is 9.18. The molecule has 4 heteroatoms. The first-order valence-electron chi connectivity index (χ1n) is 3.13. The Labute approximate surface area is 66.0 Å². The molecule has 0 saturated carbocycles. The molecule has 0 unspecified atom stereocenters. The number of hydrogen-bond acceptors (Lipinski definition) is 3. The highest BCUT2D eigenvalue weighted by molar-refractivity contribution is 7.80. The van der Waals surface area contributed by atoms with Gasteiger partial charge in [-0.05, 0) is 18.6 Å². The lowest BCUT2D eigenvalue weighted by atomic mass is 10.4. The molecular formula is C6H10N2OS. The van der Waals surface area contributed by atoms with Gasteiger partial charge in [0.05, 0.1) is 6.61 Å². The van der Waals surface area contributed by atoms with E-state index >= 15 is 0 Å². The third-order valence-corrected chi connectivity index (χ3v) is 1.11. The molecule has 0 spiro atoms. The highest BCUT2D eigenvalue weighted by Crippen LogP contribution is 1.87. The summed E-state index contributed by atoms with van der Waals surface area (Å²) >= 11 is 4.61. The van der Waals surface area contributed by atoms with Crippen molar-refractivity contribution in [1.29, 1.82) is 5.26 Å². The average Bonchev–Trinajstić information content (AvgIpc) is 1.89. The van der Waals surface area contributed by atoms with Crippen molar-refractivity contribution in [1.82, 2.24) is 5.32 Å². The Morgan fingerprint density at radius 3 is 3.00 bits per heavy atom. The SMILES string of the molecule is CCCCOC(=S)NC#N. The van der Waals surface area contributed by atoms with Crippen LogP contribution in [0.15, 0.2) is 0 Å². The monoisotopic (exact) mass is 158 g/mol. The Kier molecular flexibility index (Phi) is 5.79. The molecule has 0 radical (unpaired) electrons. The van der Waals surface area contributed by atoms with Gasteiger partial charge in [-0.3, -0.25) is 5.32 Å². The van der Waals surface area contributed by atoms with E-state index in [0.29, 0.717) is 6.61 Å². The summed E-state index contributed by atoms with van der Waals surface area (Å²) in [5.74, 6) is 0. The Bertz CT molecular complexity index is 141. The molecule has 10 heavy (non-hydrogen) atoms. The van der Waals surface area contributed by atoms with Crippen LogP contribution in [-0.2, 0) is 4.74 Å². The lowest BCUT2D eigenvalue weighted by molar-refractivity contribution is 0.295. The minimum Gasteiger partial charge on any atom is -0.470 e. The van der Waals surface area contributed by atoms with Crippen molar-refractivity contribution in [2.45, 2.75) is 19.8 Å². The van der Waals surface area contributed by atoms with Gasteiger partial charge in [0.2, 0.25) is 0 Å². The number of nitrogens with zero attached hydrogens (tertiary/aromatic N) is 1. The van der Waals surface area contributed by atoms with Crippen LogP contribution in [0.4, 0.5) is 0 Å². The van der Waals surface area contributed by atoms with E-state index in [1.807, 2.05) is 0 Å². The molecule has 1 N–H and O–H groups in total. The summed E-state index contributed by atoms with van der Waals surface area (Å²) in [5, 5.41) is 10.4. The molecule has 56 valence electrons. The molecule has 0 aliphatic rings. The van der Waals surface area contributed by atoms with Gasteiger partial charge >= 0.3 is 0 Å². The van der Waals surface area contributed by atoms with Crippen molar-refractivity contribution >= 4 is 17.4 Å². The van der Waals surface area contributed by atoms with Gasteiger partial charge in [0.15, 0.2) is 6.19 Å². The minimum atomic E-state index is 0.163. The van der Waals surface area contributed by atoms with Gasteiger partial charge in [0, 0.05) is 0 Å². The predicted molar refractivity (Wildman–Crippen MR) is 42.2 cm³/mol. The van der Waals surface area contributed by atoms with E-state index in [2.05, 4.69) is 24.5 Å². The average molecular weight is 158 g/mol. The predicted octanol–water partition coefficient (Wildman–Crippen LogP) is 1.16. The van der Waals surface area contributed by atoms with Gasteiger partial charge in [0.25, 0.3) is 5.17 Å². The first-order chi connectivity index (χ1) is 4.81. The molecule has 0 fully saturated rings. The largest absolute Gasteiger partial charge is 0.470 e. The van der Waals surface area contributed by atoms with E-state index in [0.717, 1.165) is 12.8 Å². The number of nitrogens with one attached hydrogen (secondary N) is 1. The summed E-state index contributed by atoms with van der Waals surface area (Å²) in [6.07, 6.45) is 3.71. The molecule has 0 saturated heterocycles. The van der Waals surface area contributed by atoms with Gasteiger partial charge in [-0.15, -0.1) is 0 Å². The molecule has 0 aromatic rings. The van der Waals surface area contributed by atoms with Crippen molar-refractivity contribution in [3.63, 3.8) is 0 Å². The number of rotatable bonds is 3. The van der Waals surface area contributed by atoms with Crippen molar-refractivity contribution in [3.05, 3.63) is 0 Å². The second-order valence-corrected chi connectivity index (χ2v) is 2.10. The quantitative estimate of drug-likeness (QED) is 0.290. The topological polar surface area (TPSA) is 45.0 Å². The van der Waals surface area contributed by atoms with Gasteiger partial charge in [-0.2, -0.15) is 5.26 Å². The third-order valence-electron chi connectivity index (χ3n) is 0.889. The van der Waals surface area contributed by atoms with Crippen molar-refractivity contribution in [2.75, 3.05) is 6.61 Å². The summed E-state index contributed by atoms with van der Waals surface area (Å²) in [7, 11) is 0. The molecule has 0 aromatic carbocycles. The van der Waals surface area contributed by atoms with Gasteiger partial charge in [-0.25, -0.2) is 0 Å². The Morgan fingerprint density at radius 1 is 1.80 bits per heavy atom. The molecule has 0 rings (SSSR count). The van der Waals surface area contributed by atoms with Crippen LogP contribution in [0.3, 0.4) is 0 Å². The highest BCUT2D eigenvalue weighted by Gasteiger charge is 1.91. The molecule has 0 aliphatic carbocycles. The second-order valence-electron chi connectivity index (χ2n) is 1.73. The standard InChI is InChI=1S/C6H10N2OS/c1-2-3-4-9-6(10)8-5-7/h2-4H2,1H3,(H,8,10). The van der Waals surface area contributed by atoms with Gasteiger partial charge in [-0.1, -0.05) is 13.3 Å². The Morgan fingerprint density at radius 2 is 2.50 bits per heavy atom. The number of thiocarbonyl (C=S) groups is 1. The van der Waals surface area contributed by atoms with Gasteiger partial charge in [0.1, 0.15) is 0 Å². The second kappa shape index (κ2) is 6.30. The lowest BCUT2D eigenvalue weighted by Gasteiger charge is -2.02. The fraction of sp³-hybridized carbons (Fsp3) is 0.667. The molecule has 0 atom stereocenters. The Balaban J connectivity index is 3.15. The third kappa shape index (κ3) is 5.32. The number of unbranched alkanes of at least 4 members (excludes halogenated alkanes) is 1. The van der Waals surface area contributed by atoms with Crippen LogP contribution in [0.1, 0.15) is 19.8 Å². The van der Waals surface area contributed by atoms with E-state index in [1.54, 1.807) is 6.19 Å². The van der Waals surface area contributed by atoms with Crippen LogP contribution >= 0.6 is 12.2 Å². The van der Waals surface area contributed by atoms with E-state index in [9.17, 15) is 0 Å². The molecule has 3 nitrogen and oxygen atoms in total. The molecule has 0 heterocycles. The maximum Gasteiger partial charge on any atom is 0.270 e. The van der Waals surface area contributed by atoms with Crippen LogP contribution in [0.5, 0.6) is 0 Å². The van der Waals surface area contributed by atoms with E-state index in [1.165, 1.54) is 0 Å². The van der Waals surface area contributed by atoms with E-state index < -0.39 is 0 Å². The van der Waals surface area contributed by atoms with Gasteiger partial charge < -0.3 is 4.74 Å². The maximum atomic E-state index is 8.06. The summed E-state index contributed by atoms with van der Waals surface area (Å²) in [5.41, 5.74) is 0. The molecular weight excluding hydrogens is 148 g/mol. The number of ether oxygens (including phenoxy) is 1. The lowest BCUT2D eigenvalue weighted by Crippen LogP contribution is -2.18. The zero-order valence-corrected chi connectivity index (χ0v) is 6.70. The van der Waals surface area contributed by atoms with Crippen LogP contribution < -0.4 is 5.32 Å². The summed E-state index contributed by atoms with van der Waals surface area (Å²) in [6.45, 7) is 2.65. The smallest absolute Gasteiger partial charge is 0.270 e. The van der Waals surface area contributed by atoms with Crippen molar-refractivity contribution < 1.29 is 4.74 Å². The van der Waals surface area contributed by atoms with E-state index in [-0.39, 0.29) is 5.17 Å². The number of hydrogen-bond donors (Lipinski definition) is 1. The molecule has 0 aliphatic heterocycles. The zero-order chi connectivity index (χ0) is 7.82. The first-order valence-corrected chi connectivity index (χ1v) is 3.54. The summed E-state index contributed by atoms with van der Waals surface area (Å²) in [6, 6.07) is 0. The van der Waals surface area contributed by atoms with E-state index in [4.69, 9.17) is 10.00 Å². The molecule has 0 bridgehead atoms. The molecule has 0 aromatic heterocycles. The van der Waals surface area contributed by atoms with Crippen LogP contribution in [0, 0.1) is 11.5 Å². The van der Waals surface area contributed by atoms with Crippen molar-refractivity contribution in [3.8, 4) is 6.19 Å². The van der Waals surface area contributed by atoms with Crippen LogP contribution in [0.25, 0.3) is 0 Å². The number of nitriles is 1.